The fraction of sp³-hybridized carbons (Fsp3) is 0.389. The smallest absolute Gasteiger partial charge is 0.406 e. The Morgan fingerprint density at radius 2 is 2.04 bits per heavy atom. The summed E-state index contributed by atoms with van der Waals surface area (Å²) < 4.78 is 41.9. The van der Waals surface area contributed by atoms with Gasteiger partial charge in [-0.25, -0.2) is 4.98 Å². The topological polar surface area (TPSA) is 73.2 Å². The molecule has 1 N–H and O–H groups in total. The summed E-state index contributed by atoms with van der Waals surface area (Å²) in [6, 6.07) is 4.90. The van der Waals surface area contributed by atoms with Crippen molar-refractivity contribution in [1.82, 2.24) is 9.55 Å². The van der Waals surface area contributed by atoms with E-state index in [-0.39, 0.29) is 23.8 Å². The van der Waals surface area contributed by atoms with E-state index in [1.807, 2.05) is 6.92 Å². The van der Waals surface area contributed by atoms with Crippen LogP contribution in [0, 0.1) is 12.8 Å². The first-order valence-electron chi connectivity index (χ1n) is 8.57. The van der Waals surface area contributed by atoms with E-state index in [0.717, 1.165) is 12.1 Å². The van der Waals surface area contributed by atoms with Gasteiger partial charge in [0.25, 0.3) is 5.56 Å². The molecule has 1 unspecified atom stereocenters. The Bertz CT molecular complexity index is 942. The highest BCUT2D eigenvalue weighted by molar-refractivity contribution is 7.99. The van der Waals surface area contributed by atoms with Gasteiger partial charge in [-0.2, -0.15) is 0 Å². The molecule has 1 aromatic heterocycles. The number of aromatic nitrogens is 2. The largest absolute Gasteiger partial charge is 0.573 e. The van der Waals surface area contributed by atoms with Crippen LogP contribution in [0.25, 0.3) is 0 Å². The molecule has 10 heteroatoms. The van der Waals surface area contributed by atoms with E-state index in [1.54, 1.807) is 6.92 Å². The highest BCUT2D eigenvalue weighted by atomic mass is 32.2. The number of nitrogens with one attached hydrogen (secondary N) is 1. The summed E-state index contributed by atoms with van der Waals surface area (Å²) in [6.45, 7) is 3.89. The number of thioether (sulfide) groups is 1. The molecule has 0 saturated carbocycles. The summed E-state index contributed by atoms with van der Waals surface area (Å²) in [7, 11) is 0. The van der Waals surface area contributed by atoms with E-state index in [1.165, 1.54) is 28.5 Å². The number of benzene rings is 1. The number of carbonyl (C=O) groups is 1. The zero-order valence-corrected chi connectivity index (χ0v) is 16.0. The molecule has 1 aliphatic rings. The minimum atomic E-state index is -4.77. The summed E-state index contributed by atoms with van der Waals surface area (Å²) >= 11 is 1.34. The van der Waals surface area contributed by atoms with Gasteiger partial charge >= 0.3 is 6.36 Å². The Balaban J connectivity index is 1.71. The van der Waals surface area contributed by atoms with Crippen molar-refractivity contribution >= 4 is 23.4 Å². The van der Waals surface area contributed by atoms with Gasteiger partial charge in [-0.3, -0.25) is 14.2 Å². The first-order chi connectivity index (χ1) is 13.2. The van der Waals surface area contributed by atoms with Crippen LogP contribution in [0.2, 0.25) is 0 Å². The molecule has 1 aromatic carbocycles. The lowest BCUT2D eigenvalue weighted by molar-refractivity contribution is -0.274. The highest BCUT2D eigenvalue weighted by Gasteiger charge is 2.31. The van der Waals surface area contributed by atoms with Crippen molar-refractivity contribution in [2.24, 2.45) is 5.92 Å². The van der Waals surface area contributed by atoms with Crippen LogP contribution in [-0.2, 0) is 17.8 Å². The molecule has 6 nitrogen and oxygen atoms in total. The zero-order valence-electron chi connectivity index (χ0n) is 15.2. The molecule has 0 fully saturated rings. The van der Waals surface area contributed by atoms with Gasteiger partial charge < -0.3 is 10.1 Å². The molecule has 0 aliphatic carbocycles. The number of hydrogen-bond donors (Lipinski definition) is 1. The van der Waals surface area contributed by atoms with Gasteiger partial charge in [-0.15, -0.1) is 13.2 Å². The standard InChI is InChI=1S/C18H18F3N3O3S/c1-3-14-10(2)22-17-24(16(14)26)8-11(9-28-17)15(25)23-12-4-6-13(7-5-12)27-18(19,20)21/h4-7,11H,3,8-9H2,1-2H3,(H,23,25). The number of carbonyl (C=O) groups excluding carboxylic acids is 1. The monoisotopic (exact) mass is 413 g/mol. The van der Waals surface area contributed by atoms with Crippen molar-refractivity contribution in [1.29, 1.82) is 0 Å². The molecule has 0 spiro atoms. The number of amides is 1. The van der Waals surface area contributed by atoms with Crippen molar-refractivity contribution in [3.05, 3.63) is 45.9 Å². The summed E-state index contributed by atoms with van der Waals surface area (Å²) in [4.78, 5) is 29.6. The van der Waals surface area contributed by atoms with Crippen LogP contribution < -0.4 is 15.6 Å². The van der Waals surface area contributed by atoms with Gasteiger partial charge in [-0.05, 0) is 37.6 Å². The number of aryl methyl sites for hydroxylation is 1. The van der Waals surface area contributed by atoms with Gasteiger partial charge in [-0.1, -0.05) is 18.7 Å². The van der Waals surface area contributed by atoms with Crippen LogP contribution in [0.3, 0.4) is 0 Å². The van der Waals surface area contributed by atoms with Gasteiger partial charge in [0.1, 0.15) is 5.75 Å². The molecule has 2 heterocycles. The fourth-order valence-electron chi connectivity index (χ4n) is 2.95. The zero-order chi connectivity index (χ0) is 20.5. The number of rotatable bonds is 4. The molecule has 1 atom stereocenters. The minimum Gasteiger partial charge on any atom is -0.406 e. The number of ether oxygens (including phenoxy) is 1. The predicted molar refractivity (Wildman–Crippen MR) is 98.6 cm³/mol. The van der Waals surface area contributed by atoms with E-state index in [2.05, 4.69) is 15.0 Å². The van der Waals surface area contributed by atoms with E-state index < -0.39 is 12.3 Å². The average molecular weight is 413 g/mol. The third-order valence-corrected chi connectivity index (χ3v) is 5.47. The number of nitrogens with zero attached hydrogens (tertiary/aromatic N) is 2. The molecule has 150 valence electrons. The Morgan fingerprint density at radius 1 is 1.36 bits per heavy atom. The van der Waals surface area contributed by atoms with Gasteiger partial charge in [0.15, 0.2) is 5.16 Å². The van der Waals surface area contributed by atoms with Crippen molar-refractivity contribution in [3.63, 3.8) is 0 Å². The number of alkyl halides is 3. The first-order valence-corrected chi connectivity index (χ1v) is 9.56. The van der Waals surface area contributed by atoms with Crippen molar-refractivity contribution in [3.8, 4) is 5.75 Å². The molecular weight excluding hydrogens is 395 g/mol. The van der Waals surface area contributed by atoms with Crippen molar-refractivity contribution in [2.45, 2.75) is 38.3 Å². The summed E-state index contributed by atoms with van der Waals surface area (Å²) in [6.07, 6.45) is -4.21. The second kappa shape index (κ2) is 7.86. The summed E-state index contributed by atoms with van der Waals surface area (Å²) in [5.41, 5.74) is 1.54. The van der Waals surface area contributed by atoms with Crippen molar-refractivity contribution in [2.75, 3.05) is 11.1 Å². The Hall–Kier alpha value is -2.49. The second-order valence-corrected chi connectivity index (χ2v) is 7.28. The Kier molecular flexibility index (Phi) is 5.69. The van der Waals surface area contributed by atoms with E-state index in [0.29, 0.717) is 34.3 Å². The number of halogens is 3. The van der Waals surface area contributed by atoms with E-state index >= 15 is 0 Å². The second-order valence-electron chi connectivity index (χ2n) is 6.30. The maximum absolute atomic E-state index is 12.6. The molecule has 2 aromatic rings. The van der Waals surface area contributed by atoms with E-state index in [4.69, 9.17) is 0 Å². The maximum Gasteiger partial charge on any atom is 0.573 e. The highest BCUT2D eigenvalue weighted by Crippen LogP contribution is 2.28. The van der Waals surface area contributed by atoms with Crippen LogP contribution >= 0.6 is 11.8 Å². The van der Waals surface area contributed by atoms with Crippen LogP contribution in [0.1, 0.15) is 18.2 Å². The Morgan fingerprint density at radius 3 is 2.64 bits per heavy atom. The quantitative estimate of drug-likeness (QED) is 0.778. The van der Waals surface area contributed by atoms with Gasteiger partial charge in [0.05, 0.1) is 5.92 Å². The lowest BCUT2D eigenvalue weighted by atomic mass is 10.1. The van der Waals surface area contributed by atoms with Crippen LogP contribution in [0.15, 0.2) is 34.2 Å². The fourth-order valence-corrected chi connectivity index (χ4v) is 4.07. The lowest BCUT2D eigenvalue weighted by Crippen LogP contribution is -2.38. The number of fused-ring (bicyclic) bond motifs is 1. The molecular formula is C18H18F3N3O3S. The third-order valence-electron chi connectivity index (χ3n) is 4.33. The molecule has 0 saturated heterocycles. The van der Waals surface area contributed by atoms with Crippen molar-refractivity contribution < 1.29 is 22.7 Å². The van der Waals surface area contributed by atoms with Gasteiger partial charge in [0.2, 0.25) is 5.91 Å². The normalized spacial score (nSPS) is 16.4. The first kappa shape index (κ1) is 20.2. The van der Waals surface area contributed by atoms with Gasteiger partial charge in [0, 0.05) is 29.2 Å². The maximum atomic E-state index is 12.6. The lowest BCUT2D eigenvalue weighted by Gasteiger charge is -2.25. The van der Waals surface area contributed by atoms with Crippen LogP contribution in [-0.4, -0.2) is 27.6 Å². The molecule has 1 amide bonds. The average Bonchev–Trinajstić information content (AvgIpc) is 2.62. The molecule has 28 heavy (non-hydrogen) atoms. The molecule has 3 rings (SSSR count). The summed E-state index contributed by atoms with van der Waals surface area (Å²) in [5.74, 6) is -0.685. The number of hydrogen-bond acceptors (Lipinski definition) is 5. The number of anilines is 1. The molecule has 0 bridgehead atoms. The minimum absolute atomic E-state index is 0.136. The third kappa shape index (κ3) is 4.49. The summed E-state index contributed by atoms with van der Waals surface area (Å²) in [5, 5.41) is 3.26. The Labute approximate surface area is 163 Å². The molecule has 0 radical (unpaired) electrons. The van der Waals surface area contributed by atoms with Crippen LogP contribution in [0.4, 0.5) is 18.9 Å². The SMILES string of the molecule is CCc1c(C)nc2n(c1=O)CC(C(=O)Nc1ccc(OC(F)(F)F)cc1)CS2. The van der Waals surface area contributed by atoms with Crippen LogP contribution in [0.5, 0.6) is 5.75 Å². The van der Waals surface area contributed by atoms with E-state index in [9.17, 15) is 22.8 Å². The predicted octanol–water partition coefficient (Wildman–Crippen LogP) is 3.37. The molecule has 1 aliphatic heterocycles.